The lowest BCUT2D eigenvalue weighted by Crippen LogP contribution is -2.63. The van der Waals surface area contributed by atoms with Crippen LogP contribution in [0.1, 0.15) is 32.1 Å². The second-order valence-corrected chi connectivity index (χ2v) is 6.92. The Morgan fingerprint density at radius 2 is 1.91 bits per heavy atom. The van der Waals surface area contributed by atoms with Gasteiger partial charge in [-0.05, 0) is 32.7 Å². The first-order valence-corrected chi connectivity index (χ1v) is 7.97. The molecule has 1 aliphatic carbocycles. The van der Waals surface area contributed by atoms with Crippen LogP contribution in [-0.2, 0) is 14.4 Å². The Kier molecular flexibility index (Phi) is 3.63. The molecule has 2 heterocycles. The average Bonchev–Trinajstić information content (AvgIpc) is 3.29. The van der Waals surface area contributed by atoms with E-state index in [1.165, 1.54) is 0 Å². The van der Waals surface area contributed by atoms with E-state index in [2.05, 4.69) is 17.3 Å². The van der Waals surface area contributed by atoms with Gasteiger partial charge in [0.25, 0.3) is 0 Å². The lowest BCUT2D eigenvalue weighted by molar-refractivity contribution is -0.147. The van der Waals surface area contributed by atoms with Gasteiger partial charge in [-0.3, -0.25) is 19.3 Å². The van der Waals surface area contributed by atoms with Gasteiger partial charge in [-0.25, -0.2) is 0 Å². The largest absolute Gasteiger partial charge is 0.369 e. The van der Waals surface area contributed by atoms with E-state index in [1.807, 2.05) is 0 Å². The molecule has 0 aromatic heterocycles. The first-order valence-electron chi connectivity index (χ1n) is 7.97. The van der Waals surface area contributed by atoms with Gasteiger partial charge in [0.15, 0.2) is 0 Å². The van der Waals surface area contributed by atoms with Crippen LogP contribution in [0.15, 0.2) is 0 Å². The predicted octanol–water partition coefficient (Wildman–Crippen LogP) is -0.935. The number of nitrogens with two attached hydrogens (primary N) is 1. The molecule has 1 atom stereocenters. The van der Waals surface area contributed by atoms with Crippen molar-refractivity contribution in [3.63, 3.8) is 0 Å². The predicted molar refractivity (Wildman–Crippen MR) is 79.7 cm³/mol. The number of piperazine rings is 1. The summed E-state index contributed by atoms with van der Waals surface area (Å²) in [7, 11) is 2.05. The molecular formula is C15H24N4O3. The lowest BCUT2D eigenvalue weighted by atomic mass is 9.85. The second-order valence-electron chi connectivity index (χ2n) is 6.92. The Morgan fingerprint density at radius 3 is 2.55 bits per heavy atom. The number of hydrogen-bond donors (Lipinski definition) is 2. The van der Waals surface area contributed by atoms with Gasteiger partial charge in [0.05, 0.1) is 0 Å². The molecule has 7 heteroatoms. The Bertz CT molecular complexity index is 517. The van der Waals surface area contributed by atoms with Crippen molar-refractivity contribution in [2.75, 3.05) is 33.2 Å². The zero-order valence-electron chi connectivity index (χ0n) is 13.1. The van der Waals surface area contributed by atoms with E-state index >= 15 is 0 Å². The molecule has 122 valence electrons. The van der Waals surface area contributed by atoms with Crippen molar-refractivity contribution in [2.45, 2.75) is 37.6 Å². The molecule has 2 saturated heterocycles. The van der Waals surface area contributed by atoms with Crippen LogP contribution < -0.4 is 11.1 Å². The zero-order valence-corrected chi connectivity index (χ0v) is 13.1. The molecule has 0 unspecified atom stereocenters. The number of amides is 3. The van der Waals surface area contributed by atoms with E-state index in [9.17, 15) is 14.4 Å². The summed E-state index contributed by atoms with van der Waals surface area (Å²) in [5.74, 6) is -0.538. The molecule has 3 aliphatic rings. The van der Waals surface area contributed by atoms with E-state index in [4.69, 9.17) is 5.73 Å². The summed E-state index contributed by atoms with van der Waals surface area (Å²) >= 11 is 0. The number of carbonyl (C=O) groups excluding carboxylic acids is 3. The molecule has 0 bridgehead atoms. The molecule has 0 radical (unpaired) electrons. The van der Waals surface area contributed by atoms with Gasteiger partial charge < -0.3 is 16.0 Å². The number of rotatable bonds is 2. The normalized spacial score (nSPS) is 31.5. The first-order chi connectivity index (χ1) is 10.4. The molecule has 22 heavy (non-hydrogen) atoms. The number of hydrogen-bond acceptors (Lipinski definition) is 4. The molecule has 3 amide bonds. The topological polar surface area (TPSA) is 95.7 Å². The van der Waals surface area contributed by atoms with Crippen molar-refractivity contribution < 1.29 is 14.4 Å². The molecule has 3 N–H and O–H groups in total. The molecule has 1 spiro atoms. The maximum Gasteiger partial charge on any atom is 0.238 e. The average molecular weight is 308 g/mol. The van der Waals surface area contributed by atoms with Gasteiger partial charge in [-0.1, -0.05) is 0 Å². The molecule has 2 aliphatic heterocycles. The third-order valence-corrected chi connectivity index (χ3v) is 5.65. The molecule has 0 aromatic rings. The molecule has 1 saturated carbocycles. The summed E-state index contributed by atoms with van der Waals surface area (Å²) in [5, 5.41) is 2.90. The lowest BCUT2D eigenvalue weighted by Gasteiger charge is -2.49. The van der Waals surface area contributed by atoms with Crippen LogP contribution in [0, 0.1) is 5.41 Å². The second kappa shape index (κ2) is 5.22. The van der Waals surface area contributed by atoms with Crippen LogP contribution >= 0.6 is 0 Å². The number of likely N-dealkylation sites (N-methyl/N-ethyl adjacent to an activating group) is 1. The SMILES string of the molecule is CN1CCN(C(=O)C2(C(N)=O)CC2)C[C@]12CCNC(=O)CC2. The third-order valence-electron chi connectivity index (χ3n) is 5.65. The summed E-state index contributed by atoms with van der Waals surface area (Å²) in [6.07, 6.45) is 3.18. The summed E-state index contributed by atoms with van der Waals surface area (Å²) in [6.45, 7) is 2.58. The fourth-order valence-electron chi connectivity index (χ4n) is 3.76. The van der Waals surface area contributed by atoms with Crippen molar-refractivity contribution in [1.29, 1.82) is 0 Å². The summed E-state index contributed by atoms with van der Waals surface area (Å²) in [4.78, 5) is 40.0. The molecule has 7 nitrogen and oxygen atoms in total. The monoisotopic (exact) mass is 308 g/mol. The minimum Gasteiger partial charge on any atom is -0.369 e. The quantitative estimate of drug-likeness (QED) is 0.644. The summed E-state index contributed by atoms with van der Waals surface area (Å²) in [5.41, 5.74) is 4.30. The van der Waals surface area contributed by atoms with E-state index in [0.717, 1.165) is 19.4 Å². The highest BCUT2D eigenvalue weighted by Gasteiger charge is 2.58. The van der Waals surface area contributed by atoms with Crippen molar-refractivity contribution in [3.05, 3.63) is 0 Å². The van der Waals surface area contributed by atoms with Gasteiger partial charge >= 0.3 is 0 Å². The Hall–Kier alpha value is -1.63. The van der Waals surface area contributed by atoms with Gasteiger partial charge in [0.2, 0.25) is 17.7 Å². The Morgan fingerprint density at radius 1 is 1.18 bits per heavy atom. The fraction of sp³-hybridized carbons (Fsp3) is 0.800. The van der Waals surface area contributed by atoms with Crippen LogP contribution in [0.4, 0.5) is 0 Å². The summed E-state index contributed by atoms with van der Waals surface area (Å²) < 4.78 is 0. The van der Waals surface area contributed by atoms with Gasteiger partial charge in [0.1, 0.15) is 5.41 Å². The number of nitrogens with zero attached hydrogens (tertiary/aromatic N) is 2. The van der Waals surface area contributed by atoms with E-state index in [0.29, 0.717) is 38.9 Å². The van der Waals surface area contributed by atoms with Crippen molar-refractivity contribution >= 4 is 17.7 Å². The molecule has 3 rings (SSSR count). The standard InChI is InChI=1S/C15H24N4O3/c1-18-8-9-19(13(22)15(4-5-15)12(16)21)10-14(18)3-2-11(20)17-7-6-14/h2-10H2,1H3,(H2,16,21)(H,17,20)/t14-/m0/s1. The van der Waals surface area contributed by atoms with Crippen LogP contribution in [-0.4, -0.2) is 66.3 Å². The van der Waals surface area contributed by atoms with Gasteiger partial charge in [-0.15, -0.1) is 0 Å². The van der Waals surface area contributed by atoms with Crippen molar-refractivity contribution in [1.82, 2.24) is 15.1 Å². The summed E-state index contributed by atoms with van der Waals surface area (Å²) in [6, 6.07) is 0. The smallest absolute Gasteiger partial charge is 0.238 e. The minimum absolute atomic E-state index is 0.0736. The first kappa shape index (κ1) is 15.3. The minimum atomic E-state index is -0.949. The maximum absolute atomic E-state index is 12.7. The van der Waals surface area contributed by atoms with E-state index < -0.39 is 11.3 Å². The van der Waals surface area contributed by atoms with E-state index in [1.54, 1.807) is 4.90 Å². The Balaban J connectivity index is 1.77. The zero-order chi connectivity index (χ0) is 16.0. The van der Waals surface area contributed by atoms with Crippen LogP contribution in [0.5, 0.6) is 0 Å². The number of nitrogens with one attached hydrogen (secondary N) is 1. The number of carbonyl (C=O) groups is 3. The maximum atomic E-state index is 12.7. The van der Waals surface area contributed by atoms with Gasteiger partial charge in [0, 0.05) is 38.1 Å². The molecule has 3 fully saturated rings. The van der Waals surface area contributed by atoms with Crippen LogP contribution in [0.2, 0.25) is 0 Å². The van der Waals surface area contributed by atoms with Crippen LogP contribution in [0.3, 0.4) is 0 Å². The van der Waals surface area contributed by atoms with E-state index in [-0.39, 0.29) is 17.4 Å². The fourth-order valence-corrected chi connectivity index (χ4v) is 3.76. The number of primary amides is 1. The van der Waals surface area contributed by atoms with Crippen LogP contribution in [0.25, 0.3) is 0 Å². The highest BCUT2D eigenvalue weighted by molar-refractivity contribution is 6.07. The molecular weight excluding hydrogens is 284 g/mol. The highest BCUT2D eigenvalue weighted by Crippen LogP contribution is 2.47. The third kappa shape index (κ3) is 2.37. The van der Waals surface area contributed by atoms with Gasteiger partial charge in [-0.2, -0.15) is 0 Å². The van der Waals surface area contributed by atoms with Crippen molar-refractivity contribution in [2.24, 2.45) is 11.1 Å². The Labute approximate surface area is 130 Å². The molecule has 0 aromatic carbocycles. The highest BCUT2D eigenvalue weighted by atomic mass is 16.2. The van der Waals surface area contributed by atoms with Crippen molar-refractivity contribution in [3.8, 4) is 0 Å².